The summed E-state index contributed by atoms with van der Waals surface area (Å²) in [5, 5.41) is 11.3. The van der Waals surface area contributed by atoms with Crippen LogP contribution in [-0.2, 0) is 11.3 Å². The lowest BCUT2D eigenvalue weighted by Gasteiger charge is -2.43. The van der Waals surface area contributed by atoms with Gasteiger partial charge >= 0.3 is 0 Å². The van der Waals surface area contributed by atoms with Crippen LogP contribution in [0.3, 0.4) is 0 Å². The third-order valence-corrected chi connectivity index (χ3v) is 6.13. The Morgan fingerprint density at radius 2 is 2.08 bits per heavy atom. The predicted molar refractivity (Wildman–Crippen MR) is 101 cm³/mol. The average Bonchev–Trinajstić information content (AvgIpc) is 3.10. The van der Waals surface area contributed by atoms with E-state index in [1.165, 1.54) is 19.3 Å². The van der Waals surface area contributed by atoms with Crippen LogP contribution < -0.4 is 11.1 Å². The minimum Gasteiger partial charge on any atom is -0.327 e. The standard InChI is InChI=1S/C20H27N5O/c1-2-25-12-22-24-19(25)15-7-4-8-17(11-15)23-20(26)16-9-13-5-3-6-14(10-16)18(13)21/h4,7-8,11-14,16,18H,2-3,5-6,9-10,21H2,1H3,(H,23,26). The molecule has 2 aromatic rings. The van der Waals surface area contributed by atoms with Crippen molar-refractivity contribution in [1.82, 2.24) is 14.8 Å². The lowest BCUT2D eigenvalue weighted by atomic mass is 9.65. The Bertz CT molecular complexity index is 772. The molecule has 0 saturated heterocycles. The molecule has 4 rings (SSSR count). The zero-order chi connectivity index (χ0) is 18.1. The lowest BCUT2D eigenvalue weighted by molar-refractivity contribution is -0.122. The van der Waals surface area contributed by atoms with Crippen molar-refractivity contribution >= 4 is 11.6 Å². The monoisotopic (exact) mass is 353 g/mol. The number of nitrogens with zero attached hydrogens (tertiary/aromatic N) is 3. The third-order valence-electron chi connectivity index (χ3n) is 6.13. The number of rotatable bonds is 4. The molecule has 1 amide bonds. The van der Waals surface area contributed by atoms with Crippen LogP contribution in [0.25, 0.3) is 11.4 Å². The summed E-state index contributed by atoms with van der Waals surface area (Å²) < 4.78 is 1.99. The molecule has 2 aliphatic carbocycles. The van der Waals surface area contributed by atoms with Crippen LogP contribution in [0.1, 0.15) is 39.0 Å². The first-order valence-electron chi connectivity index (χ1n) is 9.70. The molecule has 26 heavy (non-hydrogen) atoms. The molecule has 1 aromatic carbocycles. The molecule has 1 heterocycles. The van der Waals surface area contributed by atoms with E-state index >= 15 is 0 Å². The average molecular weight is 353 g/mol. The van der Waals surface area contributed by atoms with Crippen molar-refractivity contribution in [3.05, 3.63) is 30.6 Å². The van der Waals surface area contributed by atoms with Gasteiger partial charge in [0.2, 0.25) is 5.91 Å². The topological polar surface area (TPSA) is 85.8 Å². The van der Waals surface area contributed by atoms with Crippen molar-refractivity contribution in [1.29, 1.82) is 0 Å². The zero-order valence-electron chi connectivity index (χ0n) is 15.3. The first-order valence-corrected chi connectivity index (χ1v) is 9.70. The molecule has 6 nitrogen and oxygen atoms in total. The van der Waals surface area contributed by atoms with Gasteiger partial charge in [-0.3, -0.25) is 4.79 Å². The fraction of sp³-hybridized carbons (Fsp3) is 0.550. The molecule has 0 spiro atoms. The Morgan fingerprint density at radius 1 is 1.31 bits per heavy atom. The summed E-state index contributed by atoms with van der Waals surface area (Å²) in [4.78, 5) is 12.8. The van der Waals surface area contributed by atoms with Gasteiger partial charge in [-0.1, -0.05) is 18.6 Å². The van der Waals surface area contributed by atoms with Gasteiger partial charge in [0.05, 0.1) is 0 Å². The number of carbonyl (C=O) groups excluding carboxylic acids is 1. The molecule has 2 fully saturated rings. The smallest absolute Gasteiger partial charge is 0.227 e. The maximum absolute atomic E-state index is 12.8. The van der Waals surface area contributed by atoms with Crippen LogP contribution in [0, 0.1) is 17.8 Å². The number of aromatic nitrogens is 3. The van der Waals surface area contributed by atoms with E-state index in [0.717, 1.165) is 36.5 Å². The van der Waals surface area contributed by atoms with Crippen molar-refractivity contribution in [2.24, 2.45) is 23.5 Å². The summed E-state index contributed by atoms with van der Waals surface area (Å²) in [7, 11) is 0. The minimum atomic E-state index is 0.0769. The van der Waals surface area contributed by atoms with Crippen LogP contribution in [-0.4, -0.2) is 26.7 Å². The summed E-state index contributed by atoms with van der Waals surface area (Å²) in [5.74, 6) is 2.04. The quantitative estimate of drug-likeness (QED) is 0.884. The Hall–Kier alpha value is -2.21. The molecule has 2 bridgehead atoms. The highest BCUT2D eigenvalue weighted by Crippen LogP contribution is 2.42. The number of nitrogens with one attached hydrogen (secondary N) is 1. The van der Waals surface area contributed by atoms with Crippen LogP contribution in [0.15, 0.2) is 30.6 Å². The summed E-state index contributed by atoms with van der Waals surface area (Å²) in [6.07, 6.45) is 7.18. The second-order valence-corrected chi connectivity index (χ2v) is 7.71. The van der Waals surface area contributed by atoms with E-state index in [4.69, 9.17) is 5.73 Å². The van der Waals surface area contributed by atoms with E-state index in [-0.39, 0.29) is 17.9 Å². The van der Waals surface area contributed by atoms with Crippen molar-refractivity contribution in [3.63, 3.8) is 0 Å². The molecule has 2 atom stereocenters. The Morgan fingerprint density at radius 3 is 2.81 bits per heavy atom. The van der Waals surface area contributed by atoms with Gasteiger partial charge in [0.25, 0.3) is 0 Å². The van der Waals surface area contributed by atoms with Gasteiger partial charge in [0.1, 0.15) is 6.33 Å². The maximum Gasteiger partial charge on any atom is 0.227 e. The molecule has 2 aliphatic rings. The van der Waals surface area contributed by atoms with Crippen molar-refractivity contribution in [3.8, 4) is 11.4 Å². The normalized spacial score (nSPS) is 27.9. The van der Waals surface area contributed by atoms with Gasteiger partial charge in [-0.05, 0) is 56.6 Å². The molecule has 2 saturated carbocycles. The first kappa shape index (κ1) is 17.2. The lowest BCUT2D eigenvalue weighted by Crippen LogP contribution is -2.48. The van der Waals surface area contributed by atoms with Gasteiger partial charge in [-0.25, -0.2) is 0 Å². The fourth-order valence-electron chi connectivity index (χ4n) is 4.69. The summed E-state index contributed by atoms with van der Waals surface area (Å²) >= 11 is 0. The second-order valence-electron chi connectivity index (χ2n) is 7.71. The number of hydrogen-bond donors (Lipinski definition) is 2. The summed E-state index contributed by atoms with van der Waals surface area (Å²) in [5.41, 5.74) is 8.13. The number of aryl methyl sites for hydroxylation is 1. The summed E-state index contributed by atoms with van der Waals surface area (Å²) in [6.45, 7) is 2.87. The van der Waals surface area contributed by atoms with Gasteiger partial charge in [-0.15, -0.1) is 10.2 Å². The number of anilines is 1. The highest BCUT2D eigenvalue weighted by atomic mass is 16.1. The zero-order valence-corrected chi connectivity index (χ0v) is 15.3. The highest BCUT2D eigenvalue weighted by molar-refractivity contribution is 5.93. The first-order chi connectivity index (χ1) is 12.7. The number of amides is 1. The van der Waals surface area contributed by atoms with E-state index < -0.39 is 0 Å². The van der Waals surface area contributed by atoms with Crippen molar-refractivity contribution < 1.29 is 4.79 Å². The van der Waals surface area contributed by atoms with E-state index in [0.29, 0.717) is 11.8 Å². The molecule has 3 N–H and O–H groups in total. The fourth-order valence-corrected chi connectivity index (χ4v) is 4.69. The SMILES string of the molecule is CCn1cnnc1-c1cccc(NC(=O)C2CC3CCCC(C2)C3N)c1. The van der Waals surface area contributed by atoms with Crippen molar-refractivity contribution in [2.75, 3.05) is 5.32 Å². The Labute approximate surface area is 154 Å². The van der Waals surface area contributed by atoms with E-state index in [9.17, 15) is 4.79 Å². The van der Waals surface area contributed by atoms with E-state index in [1.54, 1.807) is 6.33 Å². The number of fused-ring (bicyclic) bond motifs is 2. The molecule has 2 unspecified atom stereocenters. The third kappa shape index (κ3) is 3.26. The van der Waals surface area contributed by atoms with Crippen LogP contribution in [0.2, 0.25) is 0 Å². The molecular formula is C20H27N5O. The largest absolute Gasteiger partial charge is 0.327 e. The van der Waals surface area contributed by atoms with Crippen LogP contribution in [0.5, 0.6) is 0 Å². The van der Waals surface area contributed by atoms with Gasteiger partial charge in [0.15, 0.2) is 5.82 Å². The van der Waals surface area contributed by atoms with E-state index in [1.807, 2.05) is 28.8 Å². The number of nitrogens with two attached hydrogens (primary N) is 1. The molecular weight excluding hydrogens is 326 g/mol. The predicted octanol–water partition coefficient (Wildman–Crippen LogP) is 3.06. The number of benzene rings is 1. The highest BCUT2D eigenvalue weighted by Gasteiger charge is 2.40. The maximum atomic E-state index is 12.8. The van der Waals surface area contributed by atoms with Gasteiger partial charge in [0, 0.05) is 29.8 Å². The minimum absolute atomic E-state index is 0.0769. The molecule has 0 radical (unpaired) electrons. The molecule has 138 valence electrons. The molecule has 1 aromatic heterocycles. The van der Waals surface area contributed by atoms with Gasteiger partial charge < -0.3 is 15.6 Å². The Balaban J connectivity index is 1.47. The number of carbonyl (C=O) groups is 1. The Kier molecular flexibility index (Phi) is 4.76. The van der Waals surface area contributed by atoms with Crippen LogP contribution >= 0.6 is 0 Å². The van der Waals surface area contributed by atoms with Gasteiger partial charge in [-0.2, -0.15) is 0 Å². The van der Waals surface area contributed by atoms with Crippen LogP contribution in [0.4, 0.5) is 5.69 Å². The molecule has 0 aliphatic heterocycles. The number of hydrogen-bond acceptors (Lipinski definition) is 4. The second kappa shape index (κ2) is 7.19. The van der Waals surface area contributed by atoms with Crippen molar-refractivity contribution in [2.45, 2.75) is 51.6 Å². The summed E-state index contributed by atoms with van der Waals surface area (Å²) in [6, 6.07) is 8.14. The molecule has 6 heteroatoms. The van der Waals surface area contributed by atoms with E-state index in [2.05, 4.69) is 22.4 Å².